The zero-order valence-corrected chi connectivity index (χ0v) is 14.8. The van der Waals surface area contributed by atoms with E-state index in [1.54, 1.807) is 13.1 Å². The molecule has 2 rings (SSSR count). The second-order valence-electron chi connectivity index (χ2n) is 4.31. The van der Waals surface area contributed by atoms with Crippen molar-refractivity contribution in [1.29, 1.82) is 5.26 Å². The van der Waals surface area contributed by atoms with Gasteiger partial charge in [-0.1, -0.05) is 0 Å². The van der Waals surface area contributed by atoms with Gasteiger partial charge in [-0.3, -0.25) is 4.79 Å². The minimum Gasteiger partial charge on any atom is -0.337 e. The SMILES string of the molecule is CN(Cc1cc(C#N)ccc1F)C(=O)c1cc(Br)c(Br)s1. The first-order valence-corrected chi connectivity index (χ1v) is 8.21. The predicted octanol–water partition coefficient (Wildman–Crippen LogP) is 4.56. The molecule has 21 heavy (non-hydrogen) atoms. The van der Waals surface area contributed by atoms with E-state index in [4.69, 9.17) is 5.26 Å². The molecule has 1 aromatic carbocycles. The molecule has 0 aliphatic carbocycles. The minimum atomic E-state index is -0.429. The largest absolute Gasteiger partial charge is 0.337 e. The maximum absolute atomic E-state index is 13.7. The van der Waals surface area contributed by atoms with Crippen molar-refractivity contribution >= 4 is 49.1 Å². The van der Waals surface area contributed by atoms with Gasteiger partial charge in [-0.15, -0.1) is 11.3 Å². The number of carbonyl (C=O) groups is 1. The smallest absolute Gasteiger partial charge is 0.264 e. The van der Waals surface area contributed by atoms with Gasteiger partial charge in [-0.2, -0.15) is 5.26 Å². The van der Waals surface area contributed by atoms with Crippen LogP contribution in [0.5, 0.6) is 0 Å². The van der Waals surface area contributed by atoms with Gasteiger partial charge >= 0.3 is 0 Å². The van der Waals surface area contributed by atoms with Crippen LogP contribution in [0.3, 0.4) is 0 Å². The number of nitrogens with zero attached hydrogens (tertiary/aromatic N) is 2. The molecule has 1 heterocycles. The first-order valence-electron chi connectivity index (χ1n) is 5.81. The number of carbonyl (C=O) groups excluding carboxylic acids is 1. The summed E-state index contributed by atoms with van der Waals surface area (Å²) < 4.78 is 15.4. The summed E-state index contributed by atoms with van der Waals surface area (Å²) in [6, 6.07) is 7.79. The molecule has 1 aromatic heterocycles. The van der Waals surface area contributed by atoms with Crippen molar-refractivity contribution in [3.63, 3.8) is 0 Å². The van der Waals surface area contributed by atoms with Crippen LogP contribution in [0.25, 0.3) is 0 Å². The molecule has 0 N–H and O–H groups in total. The van der Waals surface area contributed by atoms with Crippen molar-refractivity contribution in [2.24, 2.45) is 0 Å². The standard InChI is InChI=1S/C14H9Br2FN2OS/c1-19(14(20)12-5-10(15)13(16)21-12)7-9-4-8(6-18)2-3-11(9)17/h2-5H,7H2,1H3. The van der Waals surface area contributed by atoms with E-state index in [0.29, 0.717) is 16.0 Å². The van der Waals surface area contributed by atoms with Crippen molar-refractivity contribution in [1.82, 2.24) is 4.90 Å². The molecule has 0 aliphatic heterocycles. The zero-order valence-electron chi connectivity index (χ0n) is 10.9. The summed E-state index contributed by atoms with van der Waals surface area (Å²) in [7, 11) is 1.60. The highest BCUT2D eigenvalue weighted by molar-refractivity contribution is 9.13. The van der Waals surface area contributed by atoms with E-state index < -0.39 is 5.82 Å². The van der Waals surface area contributed by atoms with Crippen LogP contribution in [-0.2, 0) is 6.54 Å². The van der Waals surface area contributed by atoms with Crippen LogP contribution >= 0.6 is 43.2 Å². The fourth-order valence-electron chi connectivity index (χ4n) is 1.73. The van der Waals surface area contributed by atoms with E-state index in [-0.39, 0.29) is 12.5 Å². The molecule has 0 saturated carbocycles. The van der Waals surface area contributed by atoms with Crippen molar-refractivity contribution in [2.75, 3.05) is 7.05 Å². The number of amides is 1. The van der Waals surface area contributed by atoms with E-state index in [0.717, 1.165) is 8.26 Å². The second-order valence-corrected chi connectivity index (χ2v) is 7.54. The first-order chi connectivity index (χ1) is 9.92. The van der Waals surface area contributed by atoms with Gasteiger partial charge in [0.2, 0.25) is 0 Å². The Hall–Kier alpha value is -1.23. The Morgan fingerprint density at radius 1 is 1.43 bits per heavy atom. The molecule has 1 amide bonds. The number of halogens is 3. The van der Waals surface area contributed by atoms with Crippen molar-refractivity contribution in [3.05, 3.63) is 54.3 Å². The van der Waals surface area contributed by atoms with Crippen LogP contribution in [0.15, 0.2) is 32.5 Å². The fraction of sp³-hybridized carbons (Fsp3) is 0.143. The molecule has 0 aliphatic rings. The lowest BCUT2D eigenvalue weighted by Gasteiger charge is -2.16. The Labute approximate surface area is 142 Å². The number of hydrogen-bond donors (Lipinski definition) is 0. The van der Waals surface area contributed by atoms with Crippen LogP contribution in [0, 0.1) is 17.1 Å². The number of benzene rings is 1. The average molecular weight is 432 g/mol. The van der Waals surface area contributed by atoms with Gasteiger partial charge in [-0.05, 0) is 56.1 Å². The zero-order chi connectivity index (χ0) is 15.6. The monoisotopic (exact) mass is 430 g/mol. The molecular weight excluding hydrogens is 423 g/mol. The summed E-state index contributed by atoms with van der Waals surface area (Å²) in [5, 5.41) is 8.85. The lowest BCUT2D eigenvalue weighted by atomic mass is 10.1. The Kier molecular flexibility index (Phi) is 5.14. The maximum Gasteiger partial charge on any atom is 0.264 e. The molecular formula is C14H9Br2FN2OS. The Morgan fingerprint density at radius 3 is 2.71 bits per heavy atom. The van der Waals surface area contributed by atoms with Crippen LogP contribution in [-0.4, -0.2) is 17.9 Å². The van der Waals surface area contributed by atoms with Gasteiger partial charge in [0, 0.05) is 23.6 Å². The van der Waals surface area contributed by atoms with Crippen LogP contribution < -0.4 is 0 Å². The second kappa shape index (κ2) is 6.69. The number of rotatable bonds is 3. The number of nitriles is 1. The highest BCUT2D eigenvalue weighted by atomic mass is 79.9. The molecule has 0 fully saturated rings. The molecule has 2 aromatic rings. The number of hydrogen-bond acceptors (Lipinski definition) is 3. The quantitative estimate of drug-likeness (QED) is 0.715. The fourth-order valence-corrected chi connectivity index (χ4v) is 3.76. The summed E-state index contributed by atoms with van der Waals surface area (Å²) in [6.45, 7) is 0.104. The van der Waals surface area contributed by atoms with Gasteiger partial charge < -0.3 is 4.90 Å². The summed E-state index contributed by atoms with van der Waals surface area (Å²) in [4.78, 5) is 14.3. The normalized spacial score (nSPS) is 10.2. The van der Waals surface area contributed by atoms with Gasteiger partial charge in [0.1, 0.15) is 5.82 Å². The van der Waals surface area contributed by atoms with Gasteiger partial charge in [0.25, 0.3) is 5.91 Å². The molecule has 3 nitrogen and oxygen atoms in total. The summed E-state index contributed by atoms with van der Waals surface area (Å²) in [5.74, 6) is -0.629. The highest BCUT2D eigenvalue weighted by Gasteiger charge is 2.17. The number of thiophene rings is 1. The van der Waals surface area contributed by atoms with E-state index in [2.05, 4.69) is 31.9 Å². The molecule has 0 radical (unpaired) electrons. The third kappa shape index (κ3) is 3.70. The van der Waals surface area contributed by atoms with Crippen molar-refractivity contribution in [2.45, 2.75) is 6.54 Å². The predicted molar refractivity (Wildman–Crippen MR) is 86.6 cm³/mol. The van der Waals surface area contributed by atoms with Crippen LogP contribution in [0.4, 0.5) is 4.39 Å². The van der Waals surface area contributed by atoms with Gasteiger partial charge in [0.15, 0.2) is 0 Å². The summed E-state index contributed by atoms with van der Waals surface area (Å²) in [6.07, 6.45) is 0. The first kappa shape index (κ1) is 16.1. The van der Waals surface area contributed by atoms with E-state index in [9.17, 15) is 9.18 Å². The molecule has 0 atom stereocenters. The van der Waals surface area contributed by atoms with E-state index >= 15 is 0 Å². The van der Waals surface area contributed by atoms with Gasteiger partial charge in [-0.25, -0.2) is 4.39 Å². The molecule has 0 saturated heterocycles. The molecule has 0 spiro atoms. The van der Waals surface area contributed by atoms with Crippen LogP contribution in [0.1, 0.15) is 20.8 Å². The third-order valence-electron chi connectivity index (χ3n) is 2.78. The third-order valence-corrected chi connectivity index (χ3v) is 6.03. The lowest BCUT2D eigenvalue weighted by molar-refractivity contribution is 0.0788. The summed E-state index contributed by atoms with van der Waals surface area (Å²) in [5.41, 5.74) is 0.688. The average Bonchev–Trinajstić information content (AvgIpc) is 2.80. The minimum absolute atomic E-state index is 0.104. The Balaban J connectivity index is 2.20. The Bertz CT molecular complexity index is 720. The van der Waals surface area contributed by atoms with E-state index in [1.165, 1.54) is 34.4 Å². The lowest BCUT2D eigenvalue weighted by Crippen LogP contribution is -2.25. The molecule has 7 heteroatoms. The topological polar surface area (TPSA) is 44.1 Å². The maximum atomic E-state index is 13.7. The van der Waals surface area contributed by atoms with Crippen molar-refractivity contribution in [3.8, 4) is 6.07 Å². The Morgan fingerprint density at radius 2 is 2.14 bits per heavy atom. The highest BCUT2D eigenvalue weighted by Crippen LogP contribution is 2.33. The summed E-state index contributed by atoms with van der Waals surface area (Å²) >= 11 is 7.97. The molecule has 0 bridgehead atoms. The van der Waals surface area contributed by atoms with Crippen molar-refractivity contribution < 1.29 is 9.18 Å². The van der Waals surface area contributed by atoms with Gasteiger partial charge in [0.05, 0.1) is 20.3 Å². The van der Waals surface area contributed by atoms with Crippen LogP contribution in [0.2, 0.25) is 0 Å². The molecule has 0 unspecified atom stereocenters. The molecule has 108 valence electrons. The van der Waals surface area contributed by atoms with E-state index in [1.807, 2.05) is 6.07 Å².